The van der Waals surface area contributed by atoms with Gasteiger partial charge in [0.1, 0.15) is 0 Å². The number of thioether (sulfide) groups is 1. The number of aromatic nitrogens is 1. The van der Waals surface area contributed by atoms with Crippen molar-refractivity contribution in [3.05, 3.63) is 29.5 Å². The second-order valence-electron chi connectivity index (χ2n) is 7.03. The molecule has 1 aromatic heterocycles. The number of halogens is 3. The number of fused-ring (bicyclic) bond motifs is 1. The number of hydrogen-bond acceptors (Lipinski definition) is 2. The van der Waals surface area contributed by atoms with E-state index in [9.17, 15) is 13.2 Å². The van der Waals surface area contributed by atoms with Gasteiger partial charge in [0.25, 0.3) is 0 Å². The highest BCUT2D eigenvalue weighted by Gasteiger charge is 2.32. The number of nitrogens with one attached hydrogen (secondary N) is 1. The summed E-state index contributed by atoms with van der Waals surface area (Å²) < 4.78 is 38.1. The Labute approximate surface area is 143 Å². The van der Waals surface area contributed by atoms with Crippen LogP contribution in [0, 0.1) is 0 Å². The molecule has 1 atom stereocenters. The first-order chi connectivity index (χ1) is 11.4. The van der Waals surface area contributed by atoms with Crippen LogP contribution in [0.15, 0.2) is 23.1 Å². The van der Waals surface area contributed by atoms with Crippen molar-refractivity contribution in [2.24, 2.45) is 0 Å². The Kier molecular flexibility index (Phi) is 4.07. The van der Waals surface area contributed by atoms with Crippen LogP contribution in [-0.4, -0.2) is 35.0 Å². The Morgan fingerprint density at radius 1 is 1.25 bits per heavy atom. The fraction of sp³-hybridized carbons (Fsp3) is 0.556. The Hall–Kier alpha value is -1.14. The van der Waals surface area contributed by atoms with Gasteiger partial charge >= 0.3 is 5.51 Å². The molecule has 1 saturated heterocycles. The third-order valence-electron chi connectivity index (χ3n) is 5.24. The van der Waals surface area contributed by atoms with Crippen molar-refractivity contribution >= 4 is 22.7 Å². The molecule has 24 heavy (non-hydrogen) atoms. The smallest absolute Gasteiger partial charge is 0.358 e. The molecule has 2 fully saturated rings. The van der Waals surface area contributed by atoms with Crippen molar-refractivity contribution in [1.82, 2.24) is 9.88 Å². The van der Waals surface area contributed by atoms with Gasteiger partial charge in [-0.3, -0.25) is 0 Å². The molecule has 1 aromatic carbocycles. The first-order valence-electron chi connectivity index (χ1n) is 8.51. The fourth-order valence-electron chi connectivity index (χ4n) is 3.86. The van der Waals surface area contributed by atoms with E-state index in [2.05, 4.69) is 16.9 Å². The van der Waals surface area contributed by atoms with E-state index in [0.29, 0.717) is 12.0 Å². The van der Waals surface area contributed by atoms with Gasteiger partial charge in [-0.15, -0.1) is 0 Å². The largest absolute Gasteiger partial charge is 0.446 e. The quantitative estimate of drug-likeness (QED) is 0.752. The van der Waals surface area contributed by atoms with E-state index in [4.69, 9.17) is 0 Å². The lowest BCUT2D eigenvalue weighted by molar-refractivity contribution is -0.0328. The van der Waals surface area contributed by atoms with Gasteiger partial charge in [-0.2, -0.15) is 13.2 Å². The summed E-state index contributed by atoms with van der Waals surface area (Å²) in [6.07, 6.45) is 5.68. The molecule has 1 aliphatic carbocycles. The molecule has 0 amide bonds. The van der Waals surface area contributed by atoms with Gasteiger partial charge in [0.15, 0.2) is 0 Å². The summed E-state index contributed by atoms with van der Waals surface area (Å²) in [6.45, 7) is 1.11. The molecule has 0 spiro atoms. The summed E-state index contributed by atoms with van der Waals surface area (Å²) >= 11 is -0.0235. The van der Waals surface area contributed by atoms with E-state index in [0.717, 1.165) is 23.9 Å². The zero-order valence-electron chi connectivity index (χ0n) is 13.6. The molecule has 1 aliphatic heterocycles. The van der Waals surface area contributed by atoms with Crippen molar-refractivity contribution < 1.29 is 13.2 Å². The van der Waals surface area contributed by atoms with Gasteiger partial charge in [-0.05, 0) is 87.1 Å². The minimum Gasteiger partial charge on any atom is -0.358 e. The number of benzene rings is 1. The monoisotopic (exact) mass is 354 g/mol. The van der Waals surface area contributed by atoms with Crippen LogP contribution in [0.4, 0.5) is 13.2 Å². The van der Waals surface area contributed by atoms with E-state index >= 15 is 0 Å². The van der Waals surface area contributed by atoms with Crippen LogP contribution < -0.4 is 0 Å². The van der Waals surface area contributed by atoms with E-state index in [1.807, 2.05) is 0 Å². The average molecular weight is 354 g/mol. The van der Waals surface area contributed by atoms with Crippen molar-refractivity contribution in [1.29, 1.82) is 0 Å². The minimum absolute atomic E-state index is 0.0235. The SMILES string of the molecule is CN1CCC[C@@H]1Cc1c(C2CC2)[nH]c2ccc(SC(F)(F)F)cc12. The molecule has 130 valence electrons. The number of likely N-dealkylation sites (tertiary alicyclic amines) is 1. The molecule has 0 bridgehead atoms. The molecule has 6 heteroatoms. The number of nitrogens with zero attached hydrogens (tertiary/aromatic N) is 1. The molecule has 2 aliphatic rings. The first-order valence-corrected chi connectivity index (χ1v) is 9.33. The molecular weight excluding hydrogens is 333 g/mol. The summed E-state index contributed by atoms with van der Waals surface area (Å²) in [4.78, 5) is 6.15. The maximum absolute atomic E-state index is 12.7. The third-order valence-corrected chi connectivity index (χ3v) is 5.96. The lowest BCUT2D eigenvalue weighted by Gasteiger charge is -2.20. The van der Waals surface area contributed by atoms with Gasteiger partial charge in [0.2, 0.25) is 0 Å². The van der Waals surface area contributed by atoms with Crippen LogP contribution in [0.3, 0.4) is 0 Å². The lowest BCUT2D eigenvalue weighted by Crippen LogP contribution is -2.27. The van der Waals surface area contributed by atoms with E-state index in [1.165, 1.54) is 36.9 Å². The second kappa shape index (κ2) is 5.99. The summed E-state index contributed by atoms with van der Waals surface area (Å²) in [5, 5.41) is 0.978. The molecule has 0 radical (unpaired) electrons. The van der Waals surface area contributed by atoms with Crippen LogP contribution in [0.25, 0.3) is 10.9 Å². The summed E-state index contributed by atoms with van der Waals surface area (Å²) in [7, 11) is 2.15. The normalized spacial score (nSPS) is 22.6. The number of rotatable bonds is 4. The molecule has 2 nitrogen and oxygen atoms in total. The van der Waals surface area contributed by atoms with Crippen LogP contribution in [-0.2, 0) is 6.42 Å². The minimum atomic E-state index is -4.24. The number of alkyl halides is 3. The van der Waals surface area contributed by atoms with Gasteiger partial charge in [-0.1, -0.05) is 0 Å². The summed E-state index contributed by atoms with van der Waals surface area (Å²) in [6, 6.07) is 5.59. The van der Waals surface area contributed by atoms with Crippen molar-refractivity contribution in [3.8, 4) is 0 Å². The van der Waals surface area contributed by atoms with E-state index < -0.39 is 5.51 Å². The van der Waals surface area contributed by atoms with Crippen molar-refractivity contribution in [2.75, 3.05) is 13.6 Å². The maximum atomic E-state index is 12.7. The number of hydrogen-bond donors (Lipinski definition) is 1. The average Bonchev–Trinajstić information content (AvgIpc) is 3.18. The lowest BCUT2D eigenvalue weighted by atomic mass is 9.99. The number of likely N-dealkylation sites (N-methyl/N-ethyl adjacent to an activating group) is 1. The molecular formula is C18H21F3N2S. The summed E-state index contributed by atoms with van der Waals surface area (Å²) in [5.41, 5.74) is -0.760. The molecule has 2 heterocycles. The molecule has 1 saturated carbocycles. The maximum Gasteiger partial charge on any atom is 0.446 e. The van der Waals surface area contributed by atoms with E-state index in [-0.39, 0.29) is 16.7 Å². The highest BCUT2D eigenvalue weighted by Crippen LogP contribution is 2.45. The Balaban J connectivity index is 1.73. The van der Waals surface area contributed by atoms with Crippen molar-refractivity contribution in [2.45, 2.75) is 54.5 Å². The topological polar surface area (TPSA) is 19.0 Å². The Morgan fingerprint density at radius 2 is 2.04 bits per heavy atom. The van der Waals surface area contributed by atoms with Gasteiger partial charge in [0, 0.05) is 27.5 Å². The number of aromatic amines is 1. The first kappa shape index (κ1) is 16.3. The van der Waals surface area contributed by atoms with Gasteiger partial charge < -0.3 is 9.88 Å². The van der Waals surface area contributed by atoms with Crippen LogP contribution in [0.5, 0.6) is 0 Å². The Morgan fingerprint density at radius 3 is 2.67 bits per heavy atom. The summed E-state index contributed by atoms with van der Waals surface area (Å²) in [5.74, 6) is 0.567. The van der Waals surface area contributed by atoms with Crippen LogP contribution in [0.1, 0.15) is 42.9 Å². The molecule has 2 aromatic rings. The van der Waals surface area contributed by atoms with Crippen molar-refractivity contribution in [3.63, 3.8) is 0 Å². The highest BCUT2D eigenvalue weighted by molar-refractivity contribution is 8.00. The number of H-pyrrole nitrogens is 1. The highest BCUT2D eigenvalue weighted by atomic mass is 32.2. The van der Waals surface area contributed by atoms with Gasteiger partial charge in [0.05, 0.1) is 0 Å². The van der Waals surface area contributed by atoms with Crippen LogP contribution >= 0.6 is 11.8 Å². The standard InChI is InChI=1S/C18H21F3N2S/c1-23-8-2-3-12(23)9-15-14-10-13(24-18(19,20)21)6-7-16(14)22-17(15)11-4-5-11/h6-7,10-12,22H,2-5,8-9H2,1H3/t12-/m1/s1. The predicted octanol–water partition coefficient (Wildman–Crippen LogP) is 5.29. The Bertz CT molecular complexity index is 749. The molecule has 1 N–H and O–H groups in total. The zero-order chi connectivity index (χ0) is 16.9. The van der Waals surface area contributed by atoms with Crippen LogP contribution in [0.2, 0.25) is 0 Å². The zero-order valence-corrected chi connectivity index (χ0v) is 14.4. The third kappa shape index (κ3) is 3.31. The van der Waals surface area contributed by atoms with Gasteiger partial charge in [-0.25, -0.2) is 0 Å². The molecule has 0 unspecified atom stereocenters. The predicted molar refractivity (Wildman–Crippen MR) is 91.5 cm³/mol. The molecule has 4 rings (SSSR count). The fourth-order valence-corrected chi connectivity index (χ4v) is 4.44. The van der Waals surface area contributed by atoms with E-state index in [1.54, 1.807) is 18.2 Å². The second-order valence-corrected chi connectivity index (χ2v) is 8.17.